The molecule has 86 valence electrons. The molecule has 0 radical (unpaired) electrons. The average Bonchev–Trinajstić information content (AvgIpc) is 3.05. The molecule has 0 saturated heterocycles. The van der Waals surface area contributed by atoms with Gasteiger partial charge in [0.25, 0.3) is 0 Å². The number of nitrogens with zero attached hydrogens (tertiary/aromatic N) is 2. The number of rotatable bonds is 1. The molecule has 4 aromatic heterocycles. The maximum absolute atomic E-state index is 4.47. The highest BCUT2D eigenvalue weighted by Crippen LogP contribution is 2.26. The van der Waals surface area contributed by atoms with Gasteiger partial charge in [-0.15, -0.1) is 0 Å². The molecule has 0 atom stereocenters. The summed E-state index contributed by atoms with van der Waals surface area (Å²) in [5.41, 5.74) is 3.99. The molecule has 18 heavy (non-hydrogen) atoms. The second kappa shape index (κ2) is 3.43. The Bertz CT molecular complexity index is 841. The number of H-pyrrole nitrogens is 2. The predicted molar refractivity (Wildman–Crippen MR) is 71.2 cm³/mol. The van der Waals surface area contributed by atoms with Crippen molar-refractivity contribution in [1.29, 1.82) is 0 Å². The van der Waals surface area contributed by atoms with Crippen LogP contribution in [0.4, 0.5) is 0 Å². The third-order valence-electron chi connectivity index (χ3n) is 3.15. The van der Waals surface area contributed by atoms with Crippen molar-refractivity contribution in [1.82, 2.24) is 19.9 Å². The van der Waals surface area contributed by atoms with Crippen molar-refractivity contribution >= 4 is 21.9 Å². The molecule has 0 aliphatic carbocycles. The molecule has 0 fully saturated rings. The summed E-state index contributed by atoms with van der Waals surface area (Å²) in [6.45, 7) is 0. The van der Waals surface area contributed by atoms with Crippen LogP contribution in [0.15, 0.2) is 49.1 Å². The molecule has 4 aromatic rings. The Balaban J connectivity index is 2.03. The van der Waals surface area contributed by atoms with Gasteiger partial charge in [0, 0.05) is 46.6 Å². The largest absolute Gasteiger partial charge is 0.361 e. The minimum Gasteiger partial charge on any atom is -0.361 e. The van der Waals surface area contributed by atoms with Crippen molar-refractivity contribution in [3.8, 4) is 11.3 Å². The van der Waals surface area contributed by atoms with E-state index in [1.165, 1.54) is 0 Å². The summed E-state index contributed by atoms with van der Waals surface area (Å²) in [6, 6.07) is 8.14. The second-order valence-corrected chi connectivity index (χ2v) is 4.24. The van der Waals surface area contributed by atoms with E-state index in [4.69, 9.17) is 0 Å². The van der Waals surface area contributed by atoms with E-state index in [0.717, 1.165) is 33.2 Å². The lowest BCUT2D eigenvalue weighted by atomic mass is 10.1. The summed E-state index contributed by atoms with van der Waals surface area (Å²) < 4.78 is 0. The van der Waals surface area contributed by atoms with Gasteiger partial charge in [-0.25, -0.2) is 4.98 Å². The molecule has 0 spiro atoms. The maximum atomic E-state index is 4.47. The Hall–Kier alpha value is -2.62. The van der Waals surface area contributed by atoms with Gasteiger partial charge >= 0.3 is 0 Å². The van der Waals surface area contributed by atoms with Crippen molar-refractivity contribution in [2.24, 2.45) is 0 Å². The van der Waals surface area contributed by atoms with E-state index in [0.29, 0.717) is 0 Å². The average molecular weight is 234 g/mol. The van der Waals surface area contributed by atoms with Crippen LogP contribution in [0, 0.1) is 0 Å². The number of hydrogen-bond acceptors (Lipinski definition) is 2. The van der Waals surface area contributed by atoms with Crippen LogP contribution < -0.4 is 0 Å². The van der Waals surface area contributed by atoms with Crippen molar-refractivity contribution in [2.45, 2.75) is 0 Å². The normalized spacial score (nSPS) is 11.3. The predicted octanol–water partition coefficient (Wildman–Crippen LogP) is 3.11. The van der Waals surface area contributed by atoms with Gasteiger partial charge in [-0.3, -0.25) is 4.98 Å². The lowest BCUT2D eigenvalue weighted by Gasteiger charge is -2.02. The van der Waals surface area contributed by atoms with Crippen molar-refractivity contribution in [2.75, 3.05) is 0 Å². The molecule has 4 nitrogen and oxygen atoms in total. The standard InChI is InChI=1S/C14H10N4/c1-4-17-14-9(1)7-10(8-18-14)13-11-2-5-15-12(11)3-6-16-13/h1-8,15H,(H,17,18). The number of nitrogens with one attached hydrogen (secondary N) is 2. The molecule has 2 N–H and O–H groups in total. The fraction of sp³-hybridized carbons (Fsp3) is 0. The summed E-state index contributed by atoms with van der Waals surface area (Å²) in [6.07, 6.45) is 7.49. The summed E-state index contributed by atoms with van der Waals surface area (Å²) >= 11 is 0. The first kappa shape index (κ1) is 9.41. The van der Waals surface area contributed by atoms with Crippen LogP contribution in [-0.2, 0) is 0 Å². The summed E-state index contributed by atoms with van der Waals surface area (Å²) in [7, 11) is 0. The minimum atomic E-state index is 0.903. The van der Waals surface area contributed by atoms with Crippen LogP contribution >= 0.6 is 0 Å². The van der Waals surface area contributed by atoms with E-state index in [-0.39, 0.29) is 0 Å². The highest BCUT2D eigenvalue weighted by atomic mass is 14.8. The van der Waals surface area contributed by atoms with Gasteiger partial charge in [-0.05, 0) is 24.3 Å². The summed E-state index contributed by atoms with van der Waals surface area (Å²) in [5.74, 6) is 0. The van der Waals surface area contributed by atoms with Crippen LogP contribution in [0.2, 0.25) is 0 Å². The Morgan fingerprint density at radius 1 is 0.944 bits per heavy atom. The van der Waals surface area contributed by atoms with Gasteiger partial charge in [0.15, 0.2) is 0 Å². The van der Waals surface area contributed by atoms with E-state index in [1.807, 2.05) is 43.0 Å². The molecule has 4 rings (SSSR count). The van der Waals surface area contributed by atoms with E-state index in [2.05, 4.69) is 26.0 Å². The summed E-state index contributed by atoms with van der Waals surface area (Å²) in [4.78, 5) is 15.2. The van der Waals surface area contributed by atoms with Crippen molar-refractivity contribution < 1.29 is 0 Å². The highest BCUT2D eigenvalue weighted by molar-refractivity contribution is 5.94. The van der Waals surface area contributed by atoms with E-state index in [1.54, 1.807) is 0 Å². The SMILES string of the molecule is c1cc2[nH]ccc2c(-c2cnc3[nH]ccc3c2)n1. The molecular weight excluding hydrogens is 224 g/mol. The zero-order chi connectivity index (χ0) is 11.9. The third-order valence-corrected chi connectivity index (χ3v) is 3.15. The first-order valence-corrected chi connectivity index (χ1v) is 5.77. The Morgan fingerprint density at radius 3 is 2.89 bits per heavy atom. The zero-order valence-corrected chi connectivity index (χ0v) is 9.51. The Labute approximate surface area is 103 Å². The van der Waals surface area contributed by atoms with Crippen molar-refractivity contribution in [3.05, 3.63) is 49.1 Å². The Morgan fingerprint density at radius 2 is 1.89 bits per heavy atom. The van der Waals surface area contributed by atoms with Gasteiger partial charge in [0.05, 0.1) is 5.69 Å². The minimum absolute atomic E-state index is 0.903. The molecule has 0 aromatic carbocycles. The lowest BCUT2D eigenvalue weighted by Crippen LogP contribution is -1.86. The molecule has 0 aliphatic heterocycles. The monoisotopic (exact) mass is 234 g/mol. The molecule has 0 amide bonds. The fourth-order valence-corrected chi connectivity index (χ4v) is 2.28. The quantitative estimate of drug-likeness (QED) is 0.531. The Kier molecular flexibility index (Phi) is 1.80. The van der Waals surface area contributed by atoms with Gasteiger partial charge in [0.2, 0.25) is 0 Å². The van der Waals surface area contributed by atoms with Gasteiger partial charge in [0.1, 0.15) is 5.65 Å². The second-order valence-electron chi connectivity index (χ2n) is 4.24. The topological polar surface area (TPSA) is 57.4 Å². The maximum Gasteiger partial charge on any atom is 0.137 e. The molecule has 0 bridgehead atoms. The number of fused-ring (bicyclic) bond motifs is 2. The number of aromatic nitrogens is 4. The van der Waals surface area contributed by atoms with Gasteiger partial charge < -0.3 is 9.97 Å². The van der Waals surface area contributed by atoms with Crippen molar-refractivity contribution in [3.63, 3.8) is 0 Å². The van der Waals surface area contributed by atoms with Crippen LogP contribution in [0.25, 0.3) is 33.2 Å². The molecule has 0 unspecified atom stereocenters. The number of hydrogen-bond donors (Lipinski definition) is 2. The van der Waals surface area contributed by atoms with Gasteiger partial charge in [-0.2, -0.15) is 0 Å². The smallest absolute Gasteiger partial charge is 0.137 e. The first-order chi connectivity index (χ1) is 8.92. The number of pyridine rings is 2. The molecule has 0 aliphatic rings. The summed E-state index contributed by atoms with van der Waals surface area (Å²) in [5, 5.41) is 2.22. The molecule has 0 saturated carbocycles. The molecule has 4 heterocycles. The van der Waals surface area contributed by atoms with Crippen LogP contribution in [-0.4, -0.2) is 19.9 Å². The van der Waals surface area contributed by atoms with Crippen LogP contribution in [0.1, 0.15) is 0 Å². The third kappa shape index (κ3) is 1.26. The molecule has 4 heteroatoms. The zero-order valence-electron chi connectivity index (χ0n) is 9.51. The van der Waals surface area contributed by atoms with E-state index >= 15 is 0 Å². The van der Waals surface area contributed by atoms with E-state index < -0.39 is 0 Å². The van der Waals surface area contributed by atoms with Gasteiger partial charge in [-0.1, -0.05) is 0 Å². The first-order valence-electron chi connectivity index (χ1n) is 5.77. The van der Waals surface area contributed by atoms with E-state index in [9.17, 15) is 0 Å². The molecular formula is C14H10N4. The number of aromatic amines is 2. The fourth-order valence-electron chi connectivity index (χ4n) is 2.28. The lowest BCUT2D eigenvalue weighted by molar-refractivity contribution is 1.30. The van der Waals surface area contributed by atoms with Crippen LogP contribution in [0.3, 0.4) is 0 Å². The van der Waals surface area contributed by atoms with Crippen LogP contribution in [0.5, 0.6) is 0 Å². The highest BCUT2D eigenvalue weighted by Gasteiger charge is 2.07.